The van der Waals surface area contributed by atoms with Crippen molar-refractivity contribution >= 4 is 29.3 Å². The zero-order chi connectivity index (χ0) is 38.4. The van der Waals surface area contributed by atoms with E-state index in [1.165, 1.54) is 17.5 Å². The third kappa shape index (κ3) is 6.65. The first-order chi connectivity index (χ1) is 27.2. The summed E-state index contributed by atoms with van der Waals surface area (Å²) in [5, 5.41) is 9.55. The number of carbonyl (C=O) groups is 4. The molecule has 5 aromatic rings. The van der Waals surface area contributed by atoms with Crippen LogP contribution in [0.25, 0.3) is 11.6 Å². The number of hydrogen-bond acceptors (Lipinski definition) is 12. The Bertz CT molecular complexity index is 2310. The number of imide groups is 2. The van der Waals surface area contributed by atoms with Crippen LogP contribution in [0.4, 0.5) is 5.69 Å². The molecule has 9 rings (SSSR count). The van der Waals surface area contributed by atoms with E-state index in [0.717, 1.165) is 54.9 Å². The number of fused-ring (bicyclic) bond motifs is 1. The SMILES string of the molecule is Cc1nc(-c2ncc(Oc3ccc(C4(c5ccc(OC6CC(Nc7ccc8c(c7)C(=O)N(C7CCC(=O)NC7=O)C8=O)C6)cc5)CCCCC4)cc3)cn2)no1. The predicted octanol–water partition coefficient (Wildman–Crippen LogP) is 6.30. The molecular formula is C42H39N7O7. The van der Waals surface area contributed by atoms with Gasteiger partial charge in [-0.05, 0) is 72.9 Å². The minimum Gasteiger partial charge on any atom is -0.490 e. The van der Waals surface area contributed by atoms with E-state index >= 15 is 0 Å². The Morgan fingerprint density at radius 2 is 1.48 bits per heavy atom. The van der Waals surface area contributed by atoms with Crippen molar-refractivity contribution < 1.29 is 33.2 Å². The Morgan fingerprint density at radius 1 is 0.804 bits per heavy atom. The van der Waals surface area contributed by atoms with Crippen LogP contribution in [-0.4, -0.2) is 66.8 Å². The average Bonchev–Trinajstić information content (AvgIpc) is 3.74. The lowest BCUT2D eigenvalue weighted by molar-refractivity contribution is -0.136. The number of piperidine rings is 1. The Balaban J connectivity index is 0.806. The van der Waals surface area contributed by atoms with E-state index in [0.29, 0.717) is 29.0 Å². The molecule has 2 N–H and O–H groups in total. The van der Waals surface area contributed by atoms with Crippen LogP contribution in [0.2, 0.25) is 0 Å². The van der Waals surface area contributed by atoms with Gasteiger partial charge in [0.05, 0.1) is 23.5 Å². The standard InChI is InChI=1S/C42H39N7O7/c1-24-45-38(48-56-24)37-43-22-32(23-44-37)55-30-12-7-26(8-13-30)42(17-3-2-4-18-42)25-5-10-29(11-6-25)54-31-19-28(20-31)46-27-9-14-33-34(21-27)41(53)49(40(33)52)35-15-16-36(50)47-39(35)51/h5-14,21-23,28,31,35,46H,2-4,15-20H2,1H3,(H,47,50,51). The van der Waals surface area contributed by atoms with E-state index in [2.05, 4.69) is 67.1 Å². The number of carbonyl (C=O) groups excluding carboxylic acids is 4. The normalized spacial score (nSPS) is 21.6. The minimum absolute atomic E-state index is 0.0416. The Hall–Kier alpha value is -6.44. The molecule has 2 aliphatic heterocycles. The second-order valence-electron chi connectivity index (χ2n) is 14.9. The van der Waals surface area contributed by atoms with Crippen LogP contribution < -0.4 is 20.1 Å². The Labute approximate surface area is 322 Å². The molecule has 4 aliphatic rings. The van der Waals surface area contributed by atoms with Crippen LogP contribution in [0, 0.1) is 6.92 Å². The highest BCUT2D eigenvalue weighted by Gasteiger charge is 2.45. The molecule has 2 aliphatic carbocycles. The van der Waals surface area contributed by atoms with Gasteiger partial charge in [-0.2, -0.15) is 4.98 Å². The number of hydrogen-bond donors (Lipinski definition) is 2. The monoisotopic (exact) mass is 753 g/mol. The summed E-state index contributed by atoms with van der Waals surface area (Å²) >= 11 is 0. The topological polar surface area (TPSA) is 179 Å². The van der Waals surface area contributed by atoms with E-state index in [1.54, 1.807) is 37.5 Å². The highest BCUT2D eigenvalue weighted by atomic mass is 16.5. The maximum Gasteiger partial charge on any atom is 0.262 e. The molecule has 0 radical (unpaired) electrons. The predicted molar refractivity (Wildman–Crippen MR) is 201 cm³/mol. The van der Waals surface area contributed by atoms with Crippen molar-refractivity contribution in [2.24, 2.45) is 0 Å². The number of anilines is 1. The smallest absolute Gasteiger partial charge is 0.262 e. The molecule has 4 amide bonds. The first-order valence-corrected chi connectivity index (χ1v) is 19.0. The van der Waals surface area contributed by atoms with Gasteiger partial charge >= 0.3 is 0 Å². The Morgan fingerprint density at radius 3 is 2.14 bits per heavy atom. The number of aromatic nitrogens is 4. The van der Waals surface area contributed by atoms with Crippen molar-refractivity contribution in [3.8, 4) is 28.9 Å². The third-order valence-corrected chi connectivity index (χ3v) is 11.3. The van der Waals surface area contributed by atoms with Crippen molar-refractivity contribution in [1.82, 2.24) is 30.3 Å². The molecule has 0 spiro atoms. The molecule has 14 nitrogen and oxygen atoms in total. The number of aryl methyl sites for hydroxylation is 1. The zero-order valence-electron chi connectivity index (χ0n) is 30.7. The molecule has 4 heterocycles. The van der Waals surface area contributed by atoms with Gasteiger partial charge in [0, 0.05) is 43.3 Å². The fraction of sp³-hybridized carbons (Fsp3) is 0.333. The summed E-state index contributed by atoms with van der Waals surface area (Å²) in [6.07, 6.45) is 10.6. The van der Waals surface area contributed by atoms with Crippen LogP contribution in [-0.2, 0) is 15.0 Å². The van der Waals surface area contributed by atoms with Crippen LogP contribution in [0.5, 0.6) is 17.2 Å². The fourth-order valence-corrected chi connectivity index (χ4v) is 8.37. The lowest BCUT2D eigenvalue weighted by Crippen LogP contribution is -2.54. The van der Waals surface area contributed by atoms with Crippen molar-refractivity contribution in [2.45, 2.75) is 88.3 Å². The van der Waals surface area contributed by atoms with Crippen molar-refractivity contribution in [1.29, 1.82) is 0 Å². The molecular weight excluding hydrogens is 715 g/mol. The maximum absolute atomic E-state index is 13.2. The van der Waals surface area contributed by atoms with Gasteiger partial charge in [0.15, 0.2) is 5.75 Å². The molecule has 56 heavy (non-hydrogen) atoms. The number of nitrogens with one attached hydrogen (secondary N) is 2. The van der Waals surface area contributed by atoms with E-state index in [1.807, 2.05) is 12.1 Å². The molecule has 1 atom stereocenters. The van der Waals surface area contributed by atoms with Gasteiger partial charge in [-0.25, -0.2) is 9.97 Å². The highest BCUT2D eigenvalue weighted by molar-refractivity contribution is 6.23. The summed E-state index contributed by atoms with van der Waals surface area (Å²) in [6, 6.07) is 21.1. The second kappa shape index (κ2) is 14.3. The number of rotatable bonds is 10. The van der Waals surface area contributed by atoms with E-state index in [-0.39, 0.29) is 41.5 Å². The quantitative estimate of drug-likeness (QED) is 0.152. The molecule has 1 unspecified atom stereocenters. The van der Waals surface area contributed by atoms with Crippen LogP contribution in [0.15, 0.2) is 83.6 Å². The average molecular weight is 754 g/mol. The van der Waals surface area contributed by atoms with Gasteiger partial charge < -0.3 is 19.3 Å². The number of ether oxygens (including phenoxy) is 2. The molecule has 3 aromatic carbocycles. The molecule has 2 aromatic heterocycles. The minimum atomic E-state index is -0.989. The van der Waals surface area contributed by atoms with E-state index in [4.69, 9.17) is 14.0 Å². The molecule has 2 saturated carbocycles. The summed E-state index contributed by atoms with van der Waals surface area (Å²) < 4.78 is 17.4. The first-order valence-electron chi connectivity index (χ1n) is 19.0. The van der Waals surface area contributed by atoms with Gasteiger partial charge in [0.2, 0.25) is 29.4 Å². The van der Waals surface area contributed by atoms with E-state index < -0.39 is 29.7 Å². The lowest BCUT2D eigenvalue weighted by Gasteiger charge is -2.39. The van der Waals surface area contributed by atoms with Gasteiger partial charge in [0.1, 0.15) is 23.6 Å². The van der Waals surface area contributed by atoms with E-state index in [9.17, 15) is 19.2 Å². The van der Waals surface area contributed by atoms with Crippen molar-refractivity contribution in [3.63, 3.8) is 0 Å². The summed E-state index contributed by atoms with van der Waals surface area (Å²) in [5.74, 6) is 1.11. The largest absolute Gasteiger partial charge is 0.490 e. The van der Waals surface area contributed by atoms with Gasteiger partial charge in [-0.3, -0.25) is 29.4 Å². The molecule has 1 saturated heterocycles. The first kappa shape index (κ1) is 35.3. The lowest BCUT2D eigenvalue weighted by atomic mass is 9.65. The molecule has 0 bridgehead atoms. The zero-order valence-corrected chi connectivity index (χ0v) is 30.7. The van der Waals surface area contributed by atoms with Gasteiger partial charge in [-0.15, -0.1) is 0 Å². The fourth-order valence-electron chi connectivity index (χ4n) is 8.37. The molecule has 3 fully saturated rings. The highest BCUT2D eigenvalue weighted by Crippen LogP contribution is 2.46. The summed E-state index contributed by atoms with van der Waals surface area (Å²) in [7, 11) is 0. The number of amides is 4. The van der Waals surface area contributed by atoms with Crippen molar-refractivity contribution in [2.75, 3.05) is 5.32 Å². The Kier molecular flexibility index (Phi) is 9.02. The van der Waals surface area contributed by atoms with Crippen LogP contribution >= 0.6 is 0 Å². The maximum atomic E-state index is 13.2. The van der Waals surface area contributed by atoms with Gasteiger partial charge in [0.25, 0.3) is 11.8 Å². The number of benzene rings is 3. The summed E-state index contributed by atoms with van der Waals surface area (Å²) in [5.41, 5.74) is 3.66. The molecule has 14 heteroatoms. The van der Waals surface area contributed by atoms with Crippen LogP contribution in [0.3, 0.4) is 0 Å². The van der Waals surface area contributed by atoms with Crippen LogP contribution in [0.1, 0.15) is 95.5 Å². The van der Waals surface area contributed by atoms with Crippen molar-refractivity contribution in [3.05, 3.63) is 107 Å². The molecule has 284 valence electrons. The summed E-state index contributed by atoms with van der Waals surface area (Å²) in [6.45, 7) is 1.71. The van der Waals surface area contributed by atoms with Gasteiger partial charge in [-0.1, -0.05) is 48.7 Å². The number of nitrogens with zero attached hydrogens (tertiary/aromatic N) is 5. The third-order valence-electron chi connectivity index (χ3n) is 11.3. The second-order valence-corrected chi connectivity index (χ2v) is 14.9. The summed E-state index contributed by atoms with van der Waals surface area (Å²) in [4.78, 5) is 64.0.